The number of hydrogen-bond acceptors (Lipinski definition) is 3. The third kappa shape index (κ3) is 7.92. The van der Waals surface area contributed by atoms with Crippen molar-refractivity contribution in [2.24, 2.45) is 0 Å². The molecule has 0 aromatic rings. The Morgan fingerprint density at radius 1 is 0.941 bits per heavy atom. The maximum atomic E-state index is 5.76. The summed E-state index contributed by atoms with van der Waals surface area (Å²) < 4.78 is 11.5. The Kier molecular flexibility index (Phi) is 10.1. The minimum Gasteiger partial charge on any atom is -0.355 e. The summed E-state index contributed by atoms with van der Waals surface area (Å²) in [6.07, 6.45) is 3.48. The summed E-state index contributed by atoms with van der Waals surface area (Å²) in [6, 6.07) is 0. The first-order valence-electron chi connectivity index (χ1n) is 7.12. The maximum Gasteiger partial charge on any atom is 0.141 e. The van der Waals surface area contributed by atoms with Crippen molar-refractivity contribution in [2.45, 2.75) is 52.4 Å². The molecule has 0 amide bonds. The second-order valence-electron chi connectivity index (χ2n) is 4.48. The lowest BCUT2D eigenvalue weighted by molar-refractivity contribution is -0.177. The molecule has 0 unspecified atom stereocenters. The van der Waals surface area contributed by atoms with E-state index in [-0.39, 0.29) is 5.41 Å². The zero-order chi connectivity index (χ0) is 13.1. The summed E-state index contributed by atoms with van der Waals surface area (Å²) >= 11 is 0. The maximum absolute atomic E-state index is 5.76. The molecule has 0 radical (unpaired) electrons. The van der Waals surface area contributed by atoms with E-state index in [2.05, 4.69) is 18.7 Å². The first-order chi connectivity index (χ1) is 8.11. The number of unbranched alkanes of at least 4 members (excludes halogenated alkanes) is 1. The standard InChI is InChI=1S/C13H31NO2Si/c1-5-14(6-2)12-10-9-11-13(17,15-7-3)16-8-4/h5-12H2,1-4,17H3. The zero-order valence-electron chi connectivity index (χ0n) is 12.4. The van der Waals surface area contributed by atoms with Gasteiger partial charge in [-0.05, 0) is 52.7 Å². The number of ether oxygens (including phenoxy) is 2. The summed E-state index contributed by atoms with van der Waals surface area (Å²) in [7, 11) is 0.945. The molecule has 0 atom stereocenters. The summed E-state index contributed by atoms with van der Waals surface area (Å²) in [4.78, 5) is 2.47. The van der Waals surface area contributed by atoms with Crippen LogP contribution in [-0.4, -0.2) is 53.4 Å². The first kappa shape index (κ1) is 17.1. The van der Waals surface area contributed by atoms with Crippen LogP contribution in [0.15, 0.2) is 0 Å². The van der Waals surface area contributed by atoms with Crippen molar-refractivity contribution in [3.63, 3.8) is 0 Å². The van der Waals surface area contributed by atoms with Gasteiger partial charge in [0.1, 0.15) is 5.41 Å². The quantitative estimate of drug-likeness (QED) is 0.320. The summed E-state index contributed by atoms with van der Waals surface area (Å²) in [5, 5.41) is 0. The van der Waals surface area contributed by atoms with Crippen molar-refractivity contribution >= 4 is 10.2 Å². The second kappa shape index (κ2) is 10.1. The molecule has 0 fully saturated rings. The van der Waals surface area contributed by atoms with Gasteiger partial charge in [0.05, 0.1) is 10.2 Å². The molecule has 0 saturated heterocycles. The highest BCUT2D eigenvalue weighted by atomic mass is 28.1. The van der Waals surface area contributed by atoms with E-state index in [1.807, 2.05) is 13.8 Å². The highest BCUT2D eigenvalue weighted by Gasteiger charge is 2.23. The number of nitrogens with zero attached hydrogens (tertiary/aromatic N) is 1. The van der Waals surface area contributed by atoms with Gasteiger partial charge in [0, 0.05) is 13.2 Å². The largest absolute Gasteiger partial charge is 0.355 e. The van der Waals surface area contributed by atoms with Gasteiger partial charge in [0.2, 0.25) is 0 Å². The molecule has 0 saturated carbocycles. The molecule has 0 rings (SSSR count). The van der Waals surface area contributed by atoms with Gasteiger partial charge in [-0.1, -0.05) is 13.8 Å². The van der Waals surface area contributed by atoms with Gasteiger partial charge in [0.15, 0.2) is 0 Å². The van der Waals surface area contributed by atoms with E-state index in [4.69, 9.17) is 9.47 Å². The first-order valence-corrected chi connectivity index (χ1v) is 8.12. The van der Waals surface area contributed by atoms with Crippen molar-refractivity contribution in [2.75, 3.05) is 32.8 Å². The fraction of sp³-hybridized carbons (Fsp3) is 1.00. The smallest absolute Gasteiger partial charge is 0.141 e. The van der Waals surface area contributed by atoms with Crippen LogP contribution in [0, 0.1) is 0 Å². The van der Waals surface area contributed by atoms with Crippen LogP contribution in [-0.2, 0) is 9.47 Å². The lowest BCUT2D eigenvalue weighted by atomic mass is 10.2. The Labute approximate surface area is 110 Å². The number of hydrogen-bond donors (Lipinski definition) is 0. The highest BCUT2D eigenvalue weighted by molar-refractivity contribution is 6.13. The third-order valence-electron chi connectivity index (χ3n) is 3.15. The van der Waals surface area contributed by atoms with Crippen LogP contribution in [0.1, 0.15) is 47.0 Å². The van der Waals surface area contributed by atoms with E-state index in [0.29, 0.717) is 0 Å². The average molecular weight is 261 g/mol. The van der Waals surface area contributed by atoms with Gasteiger partial charge in [-0.25, -0.2) is 0 Å². The van der Waals surface area contributed by atoms with Crippen LogP contribution in [0.25, 0.3) is 0 Å². The van der Waals surface area contributed by atoms with Crippen LogP contribution < -0.4 is 0 Å². The van der Waals surface area contributed by atoms with Crippen LogP contribution in [0.2, 0.25) is 0 Å². The van der Waals surface area contributed by atoms with E-state index < -0.39 is 0 Å². The highest BCUT2D eigenvalue weighted by Crippen LogP contribution is 2.17. The molecule has 3 nitrogen and oxygen atoms in total. The van der Waals surface area contributed by atoms with E-state index in [9.17, 15) is 0 Å². The zero-order valence-corrected chi connectivity index (χ0v) is 14.4. The molecule has 0 aliphatic carbocycles. The average Bonchev–Trinajstić information content (AvgIpc) is 2.30. The summed E-state index contributed by atoms with van der Waals surface area (Å²) in [5.74, 6) is 0. The Bertz CT molecular complexity index is 169. The second-order valence-corrected chi connectivity index (χ2v) is 6.01. The normalized spacial score (nSPS) is 12.5. The van der Waals surface area contributed by atoms with Crippen molar-refractivity contribution in [3.05, 3.63) is 0 Å². The Balaban J connectivity index is 3.81. The molecule has 0 N–H and O–H groups in total. The van der Waals surface area contributed by atoms with Gasteiger partial charge in [-0.3, -0.25) is 0 Å². The Morgan fingerprint density at radius 2 is 1.47 bits per heavy atom. The van der Waals surface area contributed by atoms with Crippen LogP contribution >= 0.6 is 0 Å². The van der Waals surface area contributed by atoms with Crippen molar-refractivity contribution in [1.29, 1.82) is 0 Å². The molecular formula is C13H31NO2Si. The van der Waals surface area contributed by atoms with Gasteiger partial charge in [-0.15, -0.1) is 0 Å². The van der Waals surface area contributed by atoms with Gasteiger partial charge >= 0.3 is 0 Å². The molecule has 17 heavy (non-hydrogen) atoms. The molecule has 0 aliphatic heterocycles. The lowest BCUT2D eigenvalue weighted by Crippen LogP contribution is -2.37. The van der Waals surface area contributed by atoms with Gasteiger partial charge < -0.3 is 14.4 Å². The van der Waals surface area contributed by atoms with Crippen molar-refractivity contribution in [3.8, 4) is 0 Å². The van der Waals surface area contributed by atoms with Crippen LogP contribution in [0.4, 0.5) is 0 Å². The lowest BCUT2D eigenvalue weighted by Gasteiger charge is -2.30. The predicted molar refractivity (Wildman–Crippen MR) is 77.6 cm³/mol. The summed E-state index contributed by atoms with van der Waals surface area (Å²) in [5.41, 5.74) is -0.243. The van der Waals surface area contributed by atoms with Gasteiger partial charge in [0.25, 0.3) is 0 Å². The number of rotatable bonds is 11. The Hall–Kier alpha value is 0.0969. The fourth-order valence-electron chi connectivity index (χ4n) is 2.12. The molecule has 0 aromatic carbocycles. The molecule has 0 aliphatic rings. The predicted octanol–water partition coefficient (Wildman–Crippen LogP) is 1.59. The van der Waals surface area contributed by atoms with E-state index in [0.717, 1.165) is 43.0 Å². The third-order valence-corrected chi connectivity index (χ3v) is 4.23. The topological polar surface area (TPSA) is 21.7 Å². The monoisotopic (exact) mass is 261 g/mol. The molecular weight excluding hydrogens is 230 g/mol. The molecule has 0 spiro atoms. The molecule has 104 valence electrons. The van der Waals surface area contributed by atoms with E-state index >= 15 is 0 Å². The molecule has 4 heteroatoms. The van der Waals surface area contributed by atoms with Crippen LogP contribution in [0.3, 0.4) is 0 Å². The fourth-order valence-corrected chi connectivity index (χ4v) is 3.05. The SMILES string of the molecule is CCOC([SiH3])(CCCCN(CC)CC)OCC. The van der Waals surface area contributed by atoms with E-state index in [1.54, 1.807) is 0 Å². The molecule has 0 aromatic heterocycles. The molecule has 0 heterocycles. The van der Waals surface area contributed by atoms with Crippen molar-refractivity contribution < 1.29 is 9.47 Å². The van der Waals surface area contributed by atoms with Crippen LogP contribution in [0.5, 0.6) is 0 Å². The minimum absolute atomic E-state index is 0.243. The van der Waals surface area contributed by atoms with Crippen molar-refractivity contribution in [1.82, 2.24) is 4.90 Å². The van der Waals surface area contributed by atoms with E-state index in [1.165, 1.54) is 19.4 Å². The minimum atomic E-state index is -0.243. The Morgan fingerprint density at radius 3 is 1.88 bits per heavy atom. The summed E-state index contributed by atoms with van der Waals surface area (Å²) in [6.45, 7) is 13.5. The van der Waals surface area contributed by atoms with Gasteiger partial charge in [-0.2, -0.15) is 0 Å². The molecule has 0 bridgehead atoms.